The van der Waals surface area contributed by atoms with Crippen LogP contribution in [0.4, 0.5) is 17.1 Å². The SMILES string of the molecule is Cc1cc(C)c(Nc2ccc(C(=O)Nc3ccc4c(c3)OCO4)nc2)c(Cl)c1. The number of carbonyl (C=O) groups is 1. The van der Waals surface area contributed by atoms with Gasteiger partial charge in [0.2, 0.25) is 6.79 Å². The number of anilines is 3. The lowest BCUT2D eigenvalue weighted by atomic mass is 10.1. The highest BCUT2D eigenvalue weighted by atomic mass is 35.5. The highest BCUT2D eigenvalue weighted by molar-refractivity contribution is 6.33. The molecule has 6 nitrogen and oxygen atoms in total. The molecule has 0 atom stereocenters. The molecule has 142 valence electrons. The van der Waals surface area contributed by atoms with Crippen molar-refractivity contribution in [1.29, 1.82) is 0 Å². The average molecular weight is 396 g/mol. The molecular formula is C21H18ClN3O3. The van der Waals surface area contributed by atoms with E-state index in [1.54, 1.807) is 36.5 Å². The van der Waals surface area contributed by atoms with Gasteiger partial charge in [-0.3, -0.25) is 4.79 Å². The lowest BCUT2D eigenvalue weighted by Crippen LogP contribution is -2.13. The number of halogens is 1. The number of hydrogen-bond donors (Lipinski definition) is 2. The minimum Gasteiger partial charge on any atom is -0.454 e. The first-order chi connectivity index (χ1) is 13.5. The van der Waals surface area contributed by atoms with E-state index in [4.69, 9.17) is 21.1 Å². The molecule has 2 heterocycles. The zero-order valence-electron chi connectivity index (χ0n) is 15.4. The quantitative estimate of drug-likeness (QED) is 0.644. The van der Waals surface area contributed by atoms with Gasteiger partial charge in [0.15, 0.2) is 11.5 Å². The smallest absolute Gasteiger partial charge is 0.274 e. The maximum absolute atomic E-state index is 12.4. The second-order valence-corrected chi connectivity index (χ2v) is 6.93. The highest BCUT2D eigenvalue weighted by Gasteiger charge is 2.15. The Morgan fingerprint density at radius 1 is 1.04 bits per heavy atom. The van der Waals surface area contributed by atoms with Crippen LogP contribution in [0.2, 0.25) is 5.02 Å². The Hall–Kier alpha value is -3.25. The van der Waals surface area contributed by atoms with Crippen molar-refractivity contribution in [2.24, 2.45) is 0 Å². The minimum atomic E-state index is -0.310. The number of amides is 1. The van der Waals surface area contributed by atoms with Crippen LogP contribution in [0.3, 0.4) is 0 Å². The Bertz CT molecular complexity index is 1030. The first-order valence-electron chi connectivity index (χ1n) is 8.70. The van der Waals surface area contributed by atoms with E-state index in [1.165, 1.54) is 0 Å². The van der Waals surface area contributed by atoms with Crippen molar-refractivity contribution in [3.05, 3.63) is 70.5 Å². The molecule has 0 saturated heterocycles. The van der Waals surface area contributed by atoms with Gasteiger partial charge in [0, 0.05) is 11.8 Å². The molecule has 28 heavy (non-hydrogen) atoms. The van der Waals surface area contributed by atoms with E-state index < -0.39 is 0 Å². The van der Waals surface area contributed by atoms with Crippen LogP contribution in [0.5, 0.6) is 11.5 Å². The lowest BCUT2D eigenvalue weighted by Gasteiger charge is -2.13. The molecule has 4 rings (SSSR count). The van der Waals surface area contributed by atoms with Gasteiger partial charge in [-0.1, -0.05) is 17.7 Å². The number of rotatable bonds is 4. The summed E-state index contributed by atoms with van der Waals surface area (Å²) in [6.45, 7) is 4.17. The largest absolute Gasteiger partial charge is 0.454 e. The van der Waals surface area contributed by atoms with E-state index in [0.717, 1.165) is 22.5 Å². The fraction of sp³-hybridized carbons (Fsp3) is 0.143. The third-order valence-corrected chi connectivity index (χ3v) is 4.63. The first kappa shape index (κ1) is 18.1. The molecule has 0 aliphatic carbocycles. The number of hydrogen-bond acceptors (Lipinski definition) is 5. The number of benzene rings is 2. The fourth-order valence-electron chi connectivity index (χ4n) is 2.99. The zero-order chi connectivity index (χ0) is 19.7. The van der Waals surface area contributed by atoms with E-state index >= 15 is 0 Å². The Morgan fingerprint density at radius 3 is 2.57 bits per heavy atom. The number of pyridine rings is 1. The molecule has 0 fully saturated rings. The summed E-state index contributed by atoms with van der Waals surface area (Å²) in [5, 5.41) is 6.70. The van der Waals surface area contributed by atoms with E-state index in [2.05, 4.69) is 21.7 Å². The van der Waals surface area contributed by atoms with Crippen LogP contribution in [-0.4, -0.2) is 17.7 Å². The molecule has 2 aromatic carbocycles. The van der Waals surface area contributed by atoms with Crippen LogP contribution in [0.15, 0.2) is 48.7 Å². The molecule has 7 heteroatoms. The Balaban J connectivity index is 1.46. The summed E-state index contributed by atoms with van der Waals surface area (Å²) in [7, 11) is 0. The summed E-state index contributed by atoms with van der Waals surface area (Å²) in [5.74, 6) is 0.960. The number of aryl methyl sites for hydroxylation is 2. The zero-order valence-corrected chi connectivity index (χ0v) is 16.1. The molecule has 0 saturated carbocycles. The van der Waals surface area contributed by atoms with Crippen LogP contribution in [0.1, 0.15) is 21.6 Å². The summed E-state index contributed by atoms with van der Waals surface area (Å²) in [6.07, 6.45) is 1.60. The Morgan fingerprint density at radius 2 is 1.82 bits per heavy atom. The summed E-state index contributed by atoms with van der Waals surface area (Å²) in [5.41, 5.74) is 4.62. The van der Waals surface area contributed by atoms with Crippen molar-refractivity contribution < 1.29 is 14.3 Å². The molecule has 1 amide bonds. The highest BCUT2D eigenvalue weighted by Crippen LogP contribution is 2.34. The Kier molecular flexibility index (Phi) is 4.79. The van der Waals surface area contributed by atoms with Crippen molar-refractivity contribution in [3.63, 3.8) is 0 Å². The molecule has 1 aliphatic heterocycles. The molecule has 1 aromatic heterocycles. The van der Waals surface area contributed by atoms with Gasteiger partial charge in [0.25, 0.3) is 5.91 Å². The molecule has 3 aromatic rings. The minimum absolute atomic E-state index is 0.188. The molecule has 0 bridgehead atoms. The molecule has 2 N–H and O–H groups in total. The van der Waals surface area contributed by atoms with Crippen LogP contribution >= 0.6 is 11.6 Å². The van der Waals surface area contributed by atoms with Gasteiger partial charge < -0.3 is 20.1 Å². The number of nitrogens with zero attached hydrogens (tertiary/aromatic N) is 1. The topological polar surface area (TPSA) is 72.5 Å². The van der Waals surface area contributed by atoms with Gasteiger partial charge in [-0.25, -0.2) is 4.98 Å². The predicted octanol–water partition coefficient (Wildman–Crippen LogP) is 5.08. The van der Waals surface area contributed by atoms with Gasteiger partial charge >= 0.3 is 0 Å². The van der Waals surface area contributed by atoms with Crippen molar-refractivity contribution >= 4 is 34.6 Å². The molecule has 0 spiro atoms. The normalized spacial score (nSPS) is 12.0. The van der Waals surface area contributed by atoms with E-state index in [9.17, 15) is 4.79 Å². The standard InChI is InChI=1S/C21H18ClN3O3/c1-12-7-13(2)20(16(22)8-12)24-15-3-5-17(23-10-15)21(26)25-14-4-6-18-19(9-14)28-11-27-18/h3-10,24H,11H2,1-2H3,(H,25,26). The van der Waals surface area contributed by atoms with Crippen molar-refractivity contribution in [3.8, 4) is 11.5 Å². The summed E-state index contributed by atoms with van der Waals surface area (Å²) < 4.78 is 10.6. The third kappa shape index (κ3) is 3.73. The number of carbonyl (C=O) groups excluding carboxylic acids is 1. The lowest BCUT2D eigenvalue weighted by molar-refractivity contribution is 0.102. The monoisotopic (exact) mass is 395 g/mol. The van der Waals surface area contributed by atoms with Crippen LogP contribution < -0.4 is 20.1 Å². The molecule has 0 unspecified atom stereocenters. The maximum Gasteiger partial charge on any atom is 0.274 e. The maximum atomic E-state index is 12.4. The molecule has 1 aliphatic rings. The van der Waals surface area contributed by atoms with Crippen LogP contribution in [0, 0.1) is 13.8 Å². The predicted molar refractivity (Wildman–Crippen MR) is 109 cm³/mol. The second kappa shape index (κ2) is 7.40. The van der Waals surface area contributed by atoms with Gasteiger partial charge in [0.1, 0.15) is 5.69 Å². The van der Waals surface area contributed by atoms with E-state index in [-0.39, 0.29) is 12.7 Å². The summed E-state index contributed by atoms with van der Waals surface area (Å²) in [4.78, 5) is 16.7. The molecular weight excluding hydrogens is 378 g/mol. The number of aromatic nitrogens is 1. The van der Waals surface area contributed by atoms with Gasteiger partial charge in [-0.05, 0) is 55.3 Å². The molecule has 0 radical (unpaired) electrons. The summed E-state index contributed by atoms with van der Waals surface area (Å²) >= 11 is 6.33. The van der Waals surface area contributed by atoms with Crippen molar-refractivity contribution in [2.45, 2.75) is 13.8 Å². The number of nitrogens with one attached hydrogen (secondary N) is 2. The fourth-order valence-corrected chi connectivity index (χ4v) is 3.36. The number of ether oxygens (including phenoxy) is 2. The number of fused-ring (bicyclic) bond motifs is 1. The average Bonchev–Trinajstić information content (AvgIpc) is 3.13. The third-order valence-electron chi connectivity index (χ3n) is 4.33. The second-order valence-electron chi connectivity index (χ2n) is 6.52. The van der Waals surface area contributed by atoms with Crippen LogP contribution in [0.25, 0.3) is 0 Å². The van der Waals surface area contributed by atoms with Crippen molar-refractivity contribution in [2.75, 3.05) is 17.4 Å². The van der Waals surface area contributed by atoms with Gasteiger partial charge in [-0.15, -0.1) is 0 Å². The summed E-state index contributed by atoms with van der Waals surface area (Å²) in [6, 6.07) is 12.6. The van der Waals surface area contributed by atoms with E-state index in [1.807, 2.05) is 19.9 Å². The first-order valence-corrected chi connectivity index (χ1v) is 9.08. The van der Waals surface area contributed by atoms with Gasteiger partial charge in [-0.2, -0.15) is 0 Å². The van der Waals surface area contributed by atoms with E-state index in [0.29, 0.717) is 27.9 Å². The van der Waals surface area contributed by atoms with Gasteiger partial charge in [0.05, 0.1) is 22.6 Å². The Labute approximate surface area is 167 Å². The van der Waals surface area contributed by atoms with Crippen molar-refractivity contribution in [1.82, 2.24) is 4.98 Å². The van der Waals surface area contributed by atoms with Crippen LogP contribution in [-0.2, 0) is 0 Å².